The summed E-state index contributed by atoms with van der Waals surface area (Å²) in [6.45, 7) is 4.00. The van der Waals surface area contributed by atoms with E-state index < -0.39 is 0 Å². The monoisotopic (exact) mass is 296 g/mol. The average Bonchev–Trinajstić information content (AvgIpc) is 2.67. The Balaban J connectivity index is 0.000000561. The lowest BCUT2D eigenvalue weighted by Gasteiger charge is -2.07. The fourth-order valence-electron chi connectivity index (χ4n) is 2.09. The Kier molecular flexibility index (Phi) is 8.46. The number of hydrogen-bond donors (Lipinski definition) is 1. The number of nitrogens with zero attached hydrogens (tertiary/aromatic N) is 2. The maximum absolute atomic E-state index is 7.00. The van der Waals surface area contributed by atoms with Gasteiger partial charge in [0, 0.05) is 12.7 Å². The molecule has 0 aliphatic heterocycles. The van der Waals surface area contributed by atoms with E-state index >= 15 is 0 Å². The normalized spacial score (nSPS) is 12.3. The van der Waals surface area contributed by atoms with Crippen molar-refractivity contribution >= 4 is 5.57 Å². The van der Waals surface area contributed by atoms with Gasteiger partial charge in [0.1, 0.15) is 6.33 Å². The van der Waals surface area contributed by atoms with Crippen molar-refractivity contribution in [2.45, 2.75) is 26.7 Å². The van der Waals surface area contributed by atoms with Crippen molar-refractivity contribution in [2.24, 2.45) is 0 Å². The van der Waals surface area contributed by atoms with E-state index in [1.54, 1.807) is 6.33 Å². The van der Waals surface area contributed by atoms with Crippen LogP contribution in [-0.2, 0) is 0 Å². The standard InChI is InChI=1S/C16H14N2.C2H6.CH4O/c1-3-7-13(8-4-1)15-11-16(18-12-17-15)14-9-5-2-6-10-14;2*1-2/h1,3-5,7-12H,2,6H2;1-2H3;2H,1H3. The van der Waals surface area contributed by atoms with Crippen molar-refractivity contribution in [1.82, 2.24) is 9.97 Å². The first-order valence-corrected chi connectivity index (χ1v) is 7.63. The van der Waals surface area contributed by atoms with Gasteiger partial charge in [-0.25, -0.2) is 9.97 Å². The molecule has 1 N–H and O–H groups in total. The third-order valence-electron chi connectivity index (χ3n) is 3.03. The van der Waals surface area contributed by atoms with E-state index in [2.05, 4.69) is 46.4 Å². The van der Waals surface area contributed by atoms with Crippen molar-refractivity contribution in [2.75, 3.05) is 7.11 Å². The minimum absolute atomic E-state index is 0.973. The van der Waals surface area contributed by atoms with Gasteiger partial charge in [-0.1, -0.05) is 62.4 Å². The van der Waals surface area contributed by atoms with E-state index in [1.165, 1.54) is 5.57 Å². The van der Waals surface area contributed by atoms with Crippen LogP contribution in [0.2, 0.25) is 0 Å². The van der Waals surface area contributed by atoms with E-state index in [1.807, 2.05) is 32.0 Å². The van der Waals surface area contributed by atoms with Gasteiger partial charge in [-0.15, -0.1) is 0 Å². The maximum Gasteiger partial charge on any atom is 0.116 e. The van der Waals surface area contributed by atoms with Crippen LogP contribution in [0.4, 0.5) is 0 Å². The predicted octanol–water partition coefficient (Wildman–Crippen LogP) is 4.51. The molecule has 0 unspecified atom stereocenters. The molecule has 1 aromatic heterocycles. The number of aliphatic hydroxyl groups is 1. The maximum atomic E-state index is 7.00. The summed E-state index contributed by atoms with van der Waals surface area (Å²) in [7, 11) is 1.00. The zero-order valence-electron chi connectivity index (χ0n) is 13.5. The molecule has 0 fully saturated rings. The van der Waals surface area contributed by atoms with Gasteiger partial charge in [0.15, 0.2) is 0 Å². The van der Waals surface area contributed by atoms with Crippen molar-refractivity contribution < 1.29 is 5.11 Å². The first-order chi connectivity index (χ1) is 10.9. The molecule has 3 rings (SSSR count). The van der Waals surface area contributed by atoms with Gasteiger partial charge in [-0.3, -0.25) is 0 Å². The fraction of sp³-hybridized carbons (Fsp3) is 0.263. The third-order valence-corrected chi connectivity index (χ3v) is 3.03. The van der Waals surface area contributed by atoms with Gasteiger partial charge >= 0.3 is 0 Å². The highest BCUT2D eigenvalue weighted by molar-refractivity contribution is 5.74. The molecule has 22 heavy (non-hydrogen) atoms. The number of rotatable bonds is 2. The van der Waals surface area contributed by atoms with Crippen LogP contribution in [0.1, 0.15) is 32.4 Å². The largest absolute Gasteiger partial charge is 0.400 e. The summed E-state index contributed by atoms with van der Waals surface area (Å²) in [5, 5.41) is 7.00. The number of hydrogen-bond acceptors (Lipinski definition) is 3. The molecule has 0 saturated heterocycles. The topological polar surface area (TPSA) is 46.0 Å². The summed E-state index contributed by atoms with van der Waals surface area (Å²) in [6.07, 6.45) is 10.4. The number of allylic oxidation sites excluding steroid dienone is 4. The summed E-state index contributed by atoms with van der Waals surface area (Å²) < 4.78 is 0. The van der Waals surface area contributed by atoms with Crippen LogP contribution in [0.15, 0.2) is 61.0 Å². The van der Waals surface area contributed by atoms with Gasteiger partial charge in [-0.05, 0) is 24.5 Å². The molecule has 2 aromatic rings. The molecule has 3 nitrogen and oxygen atoms in total. The van der Waals surface area contributed by atoms with Crippen LogP contribution in [-0.4, -0.2) is 22.2 Å². The Morgan fingerprint density at radius 3 is 2.23 bits per heavy atom. The highest BCUT2D eigenvalue weighted by Crippen LogP contribution is 2.23. The van der Waals surface area contributed by atoms with Crippen LogP contribution >= 0.6 is 0 Å². The zero-order chi connectivity index (χ0) is 16.2. The van der Waals surface area contributed by atoms with E-state index in [0.29, 0.717) is 0 Å². The zero-order valence-corrected chi connectivity index (χ0v) is 13.5. The van der Waals surface area contributed by atoms with Gasteiger partial charge in [0.05, 0.1) is 11.4 Å². The number of benzene rings is 1. The van der Waals surface area contributed by atoms with Crippen molar-refractivity contribution in [3.8, 4) is 11.3 Å². The molecule has 0 bridgehead atoms. The molecule has 0 amide bonds. The minimum Gasteiger partial charge on any atom is -0.400 e. The summed E-state index contributed by atoms with van der Waals surface area (Å²) >= 11 is 0. The Labute approximate surface area is 133 Å². The Morgan fingerprint density at radius 2 is 1.59 bits per heavy atom. The fourth-order valence-corrected chi connectivity index (χ4v) is 2.09. The Morgan fingerprint density at radius 1 is 0.909 bits per heavy atom. The molecule has 1 heterocycles. The summed E-state index contributed by atoms with van der Waals surface area (Å²) in [6, 6.07) is 12.2. The van der Waals surface area contributed by atoms with Gasteiger partial charge in [0.25, 0.3) is 0 Å². The lowest BCUT2D eigenvalue weighted by Crippen LogP contribution is -1.93. The molecule has 116 valence electrons. The molecule has 0 spiro atoms. The molecule has 1 aliphatic carbocycles. The number of aromatic nitrogens is 2. The lowest BCUT2D eigenvalue weighted by atomic mass is 10.0. The molecule has 0 radical (unpaired) electrons. The van der Waals surface area contributed by atoms with Gasteiger partial charge < -0.3 is 5.11 Å². The average molecular weight is 296 g/mol. The third kappa shape index (κ3) is 4.93. The van der Waals surface area contributed by atoms with Crippen molar-refractivity contribution in [1.29, 1.82) is 0 Å². The number of aliphatic hydroxyl groups excluding tert-OH is 1. The second-order valence-corrected chi connectivity index (χ2v) is 4.29. The Hall–Kier alpha value is -2.26. The molecule has 1 aliphatic rings. The SMILES string of the molecule is C1=CC(c2cc(-c3ccccc3)ncn2)=CCC1.CC.CO. The van der Waals surface area contributed by atoms with Crippen LogP contribution in [0.25, 0.3) is 16.8 Å². The first-order valence-electron chi connectivity index (χ1n) is 7.63. The van der Waals surface area contributed by atoms with Crippen molar-refractivity contribution in [3.05, 3.63) is 66.6 Å². The summed E-state index contributed by atoms with van der Waals surface area (Å²) in [5.41, 5.74) is 4.29. The predicted molar refractivity (Wildman–Crippen MR) is 93.3 cm³/mol. The molecule has 0 saturated carbocycles. The lowest BCUT2D eigenvalue weighted by molar-refractivity contribution is 0.399. The van der Waals surface area contributed by atoms with E-state index in [0.717, 1.165) is 36.9 Å². The smallest absolute Gasteiger partial charge is 0.116 e. The van der Waals surface area contributed by atoms with Crippen LogP contribution in [0.5, 0.6) is 0 Å². The van der Waals surface area contributed by atoms with E-state index in [-0.39, 0.29) is 0 Å². The molecule has 1 aromatic carbocycles. The highest BCUT2D eigenvalue weighted by atomic mass is 16.2. The van der Waals surface area contributed by atoms with Crippen LogP contribution in [0.3, 0.4) is 0 Å². The van der Waals surface area contributed by atoms with Crippen LogP contribution < -0.4 is 0 Å². The van der Waals surface area contributed by atoms with Crippen LogP contribution in [0, 0.1) is 0 Å². The minimum atomic E-state index is 0.973. The van der Waals surface area contributed by atoms with E-state index in [4.69, 9.17) is 5.11 Å². The molecule has 0 atom stereocenters. The second-order valence-electron chi connectivity index (χ2n) is 4.29. The quantitative estimate of drug-likeness (QED) is 0.886. The summed E-state index contributed by atoms with van der Waals surface area (Å²) in [4.78, 5) is 8.70. The van der Waals surface area contributed by atoms with Gasteiger partial charge in [-0.2, -0.15) is 0 Å². The van der Waals surface area contributed by atoms with E-state index in [9.17, 15) is 0 Å². The Bertz CT molecular complexity index is 604. The van der Waals surface area contributed by atoms with Crippen molar-refractivity contribution in [3.63, 3.8) is 0 Å². The second kappa shape index (κ2) is 10.5. The highest BCUT2D eigenvalue weighted by Gasteiger charge is 2.05. The van der Waals surface area contributed by atoms with Gasteiger partial charge in [0.2, 0.25) is 0 Å². The molecular weight excluding hydrogens is 272 g/mol. The molecule has 3 heteroatoms. The summed E-state index contributed by atoms with van der Waals surface area (Å²) in [5.74, 6) is 0. The molecular formula is C19H24N2O. The first kappa shape index (κ1) is 17.8.